The molecule has 0 spiro atoms. The van der Waals surface area contributed by atoms with Gasteiger partial charge in [0.2, 0.25) is 31.1 Å². The molecule has 4 N–H and O–H groups in total. The number of benzene rings is 6. The van der Waals surface area contributed by atoms with E-state index in [1.807, 2.05) is 79.1 Å². The van der Waals surface area contributed by atoms with Gasteiger partial charge in [0, 0.05) is 48.4 Å². The number of carbonyl (C=O) groups is 4. The molecule has 4 heterocycles. The zero-order valence-corrected chi connectivity index (χ0v) is 51.9. The summed E-state index contributed by atoms with van der Waals surface area (Å²) < 4.78 is 42.4. The molecule has 6 atom stereocenters. The molecule has 15 nitrogen and oxygen atoms in total. The van der Waals surface area contributed by atoms with Gasteiger partial charge in [0.05, 0.1) is 32.0 Å². The van der Waals surface area contributed by atoms with Crippen LogP contribution in [0.25, 0.3) is 0 Å². The van der Waals surface area contributed by atoms with Crippen LogP contribution >= 0.6 is 0 Å². The van der Waals surface area contributed by atoms with Gasteiger partial charge in [0.25, 0.3) is 0 Å². The first-order chi connectivity index (χ1) is 42.0. The Morgan fingerprint density at radius 1 is 0.563 bits per heavy atom. The molecule has 16 heteroatoms. The van der Waals surface area contributed by atoms with E-state index >= 15 is 0 Å². The quantitative estimate of drug-likeness (QED) is 0.0475. The number of anilines is 2. The van der Waals surface area contributed by atoms with E-state index in [2.05, 4.69) is 81.7 Å². The minimum atomic E-state index is -0.912. The first-order valence-electron chi connectivity index (χ1n) is 31.0. The van der Waals surface area contributed by atoms with Gasteiger partial charge in [0.1, 0.15) is 5.82 Å². The molecule has 4 aliphatic heterocycles. The van der Waals surface area contributed by atoms with Gasteiger partial charge in [-0.25, -0.2) is 4.39 Å². The fourth-order valence-electron chi connectivity index (χ4n) is 13.5. The fourth-order valence-corrected chi connectivity index (χ4v) is 13.5. The summed E-state index contributed by atoms with van der Waals surface area (Å²) in [5.41, 5.74) is 13.1. The summed E-state index contributed by atoms with van der Waals surface area (Å²) in [6.45, 7) is 17.4. The Kier molecular flexibility index (Phi) is 21.0. The average Bonchev–Trinajstić information content (AvgIpc) is 1.78. The normalized spacial score (nSPS) is 19.4. The number of unbranched alkanes of at least 4 members (excludes halogenated alkanes) is 2. The van der Waals surface area contributed by atoms with Crippen molar-refractivity contribution >= 4 is 35.1 Å². The monoisotopic (exact) mass is 1190 g/mol. The van der Waals surface area contributed by atoms with Crippen molar-refractivity contribution in [1.82, 2.24) is 9.80 Å². The van der Waals surface area contributed by atoms with E-state index in [1.165, 1.54) is 28.8 Å². The Bertz CT molecular complexity index is 3390. The maximum atomic E-state index is 14.2. The van der Waals surface area contributed by atoms with Crippen molar-refractivity contribution in [3.8, 4) is 28.7 Å². The van der Waals surface area contributed by atoms with E-state index in [9.17, 15) is 33.8 Å². The molecule has 87 heavy (non-hydrogen) atoms. The molecule has 462 valence electrons. The molecule has 6 aromatic carbocycles. The molecule has 0 aromatic heterocycles. The second-order valence-corrected chi connectivity index (χ2v) is 23.4. The molecule has 4 aliphatic rings. The molecular weight excluding hydrogens is 1100 g/mol. The molecule has 0 aliphatic carbocycles. The summed E-state index contributed by atoms with van der Waals surface area (Å²) in [6.07, 6.45) is 9.08. The molecule has 2 fully saturated rings. The lowest BCUT2D eigenvalue weighted by Gasteiger charge is -2.27. The number of hydrogen-bond donors (Lipinski definition) is 4. The SMILES string of the molecule is CCCCc1ccc([C@H]2C(C(=O)O)[C@@H](c3cc(OC)c4c(c3)OCO4)CN2CC(=O)Nc2c(CC)cc(C)cc2CC)cc1.CCCCc1ccc([C@H]2C(C(=O)O)[C@@H](c3ccc4c(c3C)OCO4)CN2CC(=O)Nc2c(CC)cc(F)cc2CC)cc1. The molecular formula is C71H85FN4O11. The predicted octanol–water partition coefficient (Wildman–Crippen LogP) is 13.5. The zero-order chi connectivity index (χ0) is 62.1. The van der Waals surface area contributed by atoms with Crippen molar-refractivity contribution in [2.45, 2.75) is 144 Å². The van der Waals surface area contributed by atoms with Gasteiger partial charge in [-0.1, -0.05) is 127 Å². The Hall–Kier alpha value is -7.95. The van der Waals surface area contributed by atoms with E-state index in [0.29, 0.717) is 60.4 Å². The van der Waals surface area contributed by atoms with Gasteiger partial charge in [-0.2, -0.15) is 0 Å². The highest BCUT2D eigenvalue weighted by Gasteiger charge is 2.50. The molecule has 0 bridgehead atoms. The summed E-state index contributed by atoms with van der Waals surface area (Å²) in [4.78, 5) is 57.5. The summed E-state index contributed by atoms with van der Waals surface area (Å²) in [6, 6.07) is 30.0. The third-order valence-electron chi connectivity index (χ3n) is 17.8. The Morgan fingerprint density at radius 3 is 1.49 bits per heavy atom. The van der Waals surface area contributed by atoms with Crippen LogP contribution < -0.4 is 34.3 Å². The first kappa shape index (κ1) is 63.5. The third-order valence-corrected chi connectivity index (χ3v) is 17.8. The first-order valence-corrected chi connectivity index (χ1v) is 31.0. The molecule has 0 radical (unpaired) electrons. The molecule has 6 aromatic rings. The van der Waals surface area contributed by atoms with Crippen molar-refractivity contribution in [3.63, 3.8) is 0 Å². The van der Waals surface area contributed by atoms with E-state index in [-0.39, 0.29) is 50.2 Å². The highest BCUT2D eigenvalue weighted by atomic mass is 19.1. The Morgan fingerprint density at radius 2 is 1.02 bits per heavy atom. The van der Waals surface area contributed by atoms with E-state index in [1.54, 1.807) is 7.11 Å². The van der Waals surface area contributed by atoms with Crippen molar-refractivity contribution in [1.29, 1.82) is 0 Å². The highest BCUT2D eigenvalue weighted by molar-refractivity contribution is 5.95. The van der Waals surface area contributed by atoms with Crippen LogP contribution in [0.2, 0.25) is 0 Å². The maximum absolute atomic E-state index is 14.2. The zero-order valence-electron chi connectivity index (χ0n) is 51.9. The van der Waals surface area contributed by atoms with E-state index in [0.717, 1.165) is 107 Å². The fraction of sp³-hybridized carbons (Fsp3) is 0.437. The second-order valence-electron chi connectivity index (χ2n) is 23.4. The number of aliphatic carboxylic acids is 2. The standard InChI is InChI=1S/C36H44N2O6.C35H41FN2O5/c1-6-9-10-23-11-13-26(14-12-23)34-32(36(40)41)28(27-17-29(42-5)35-30(18-27)43-21-44-35)19-38(34)20-31(39)37-33-24(7-2)15-22(4)16-25(33)8-3;1-5-8-9-22-10-12-25(13-11-22)33-31(35(40)41)28(27-14-15-29-34(21(27)4)43-20-42-29)18-38(33)19-30(39)37-32-23(6-2)16-26(36)17-24(32)7-3/h11-18,28,32,34H,6-10,19-21H2,1-5H3,(H,37,39)(H,40,41);10-17,28,31,33H,5-9,18-20H2,1-4H3,(H,37,39)(H,40,41)/t28-,32?,34+;28-,31?,33+/m11/s1. The maximum Gasteiger partial charge on any atom is 0.309 e. The number of hydrogen-bond acceptors (Lipinski definition) is 11. The van der Waals surface area contributed by atoms with Crippen molar-refractivity contribution in [2.24, 2.45) is 11.8 Å². The van der Waals surface area contributed by atoms with E-state index in [4.69, 9.17) is 23.7 Å². The number of methoxy groups -OCH3 is 1. The van der Waals surface area contributed by atoms with Gasteiger partial charge >= 0.3 is 11.9 Å². The lowest BCUT2D eigenvalue weighted by Crippen LogP contribution is -2.35. The lowest BCUT2D eigenvalue weighted by molar-refractivity contribution is -0.144. The van der Waals surface area contributed by atoms with Gasteiger partial charge in [-0.05, 0) is 157 Å². The minimum absolute atomic E-state index is 0.00415. The summed E-state index contributed by atoms with van der Waals surface area (Å²) in [5, 5.41) is 27.6. The largest absolute Gasteiger partial charge is 0.493 e. The number of ether oxygens (including phenoxy) is 5. The number of likely N-dealkylation sites (tertiary alicyclic amines) is 2. The van der Waals surface area contributed by atoms with Crippen LogP contribution in [-0.2, 0) is 57.7 Å². The molecule has 2 saturated heterocycles. The van der Waals surface area contributed by atoms with Crippen LogP contribution in [0.3, 0.4) is 0 Å². The average molecular weight is 1190 g/mol. The number of nitrogens with zero attached hydrogens (tertiary/aromatic N) is 2. The second kappa shape index (κ2) is 28.7. The van der Waals surface area contributed by atoms with Crippen LogP contribution in [0, 0.1) is 31.5 Å². The summed E-state index contributed by atoms with van der Waals surface area (Å²) in [7, 11) is 1.56. The molecule has 10 rings (SSSR count). The van der Waals surface area contributed by atoms with Crippen molar-refractivity contribution in [2.75, 3.05) is 57.5 Å². The number of carboxylic acid groups (broad SMARTS) is 2. The molecule has 0 saturated carbocycles. The van der Waals surface area contributed by atoms with Gasteiger partial charge in [-0.3, -0.25) is 29.0 Å². The number of halogens is 1. The number of aryl methyl sites for hydroxylation is 7. The highest BCUT2D eigenvalue weighted by Crippen LogP contribution is 2.52. The minimum Gasteiger partial charge on any atom is -0.493 e. The van der Waals surface area contributed by atoms with Crippen LogP contribution in [0.1, 0.15) is 158 Å². The van der Waals surface area contributed by atoms with Crippen molar-refractivity contribution in [3.05, 3.63) is 170 Å². The third kappa shape index (κ3) is 14.1. The number of carbonyl (C=O) groups excluding carboxylic acids is 2. The van der Waals surface area contributed by atoms with E-state index < -0.39 is 41.8 Å². The van der Waals surface area contributed by atoms with Crippen LogP contribution in [-0.4, -0.2) is 90.6 Å². The number of rotatable bonds is 23. The number of carboxylic acids is 2. The van der Waals surface area contributed by atoms with Crippen LogP contribution in [0.15, 0.2) is 97.1 Å². The van der Waals surface area contributed by atoms with Crippen LogP contribution in [0.5, 0.6) is 28.7 Å². The van der Waals surface area contributed by atoms with Gasteiger partial charge in [-0.15, -0.1) is 0 Å². The number of amides is 2. The van der Waals surface area contributed by atoms with Crippen LogP contribution in [0.4, 0.5) is 15.8 Å². The Balaban J connectivity index is 0.000000208. The number of fused-ring (bicyclic) bond motifs is 2. The number of nitrogens with one attached hydrogen (secondary N) is 2. The van der Waals surface area contributed by atoms with Gasteiger partial charge in [0.15, 0.2) is 23.0 Å². The topological polar surface area (TPSA) is 185 Å². The smallest absolute Gasteiger partial charge is 0.309 e. The molecule has 2 unspecified atom stereocenters. The lowest BCUT2D eigenvalue weighted by atomic mass is 9.81. The van der Waals surface area contributed by atoms with Crippen molar-refractivity contribution < 1.29 is 57.5 Å². The van der Waals surface area contributed by atoms with Gasteiger partial charge < -0.3 is 44.5 Å². The summed E-state index contributed by atoms with van der Waals surface area (Å²) >= 11 is 0. The summed E-state index contributed by atoms with van der Waals surface area (Å²) in [5.74, 6) is -2.08. The Labute approximate surface area is 511 Å². The predicted molar refractivity (Wildman–Crippen MR) is 335 cm³/mol. The molecule has 2 amide bonds.